The van der Waals surface area contributed by atoms with E-state index in [0.29, 0.717) is 13.1 Å². The zero-order chi connectivity index (χ0) is 12.1. The van der Waals surface area contributed by atoms with Gasteiger partial charge in [-0.2, -0.15) is 0 Å². The highest BCUT2D eigenvalue weighted by Gasteiger charge is 2.22. The molecular formula is C11H21N3O2. The summed E-state index contributed by atoms with van der Waals surface area (Å²) in [4.78, 5) is 26.8. The number of hydrogen-bond donors (Lipinski definition) is 1. The summed E-state index contributed by atoms with van der Waals surface area (Å²) in [6.07, 6.45) is 0.863. The lowest BCUT2D eigenvalue weighted by atomic mass is 10.2. The fraction of sp³-hybridized carbons (Fsp3) is 0.818. The van der Waals surface area contributed by atoms with Crippen molar-refractivity contribution in [3.8, 4) is 0 Å². The molecule has 0 spiro atoms. The molecule has 0 aromatic rings. The Kier molecular flexibility index (Phi) is 4.73. The number of likely N-dealkylation sites (N-methyl/N-ethyl adjacent to an activating group) is 1. The van der Waals surface area contributed by atoms with Crippen LogP contribution in [0.4, 0.5) is 0 Å². The van der Waals surface area contributed by atoms with Crippen LogP contribution in [0.15, 0.2) is 0 Å². The van der Waals surface area contributed by atoms with E-state index in [1.54, 1.807) is 18.9 Å². The Morgan fingerprint density at radius 1 is 1.12 bits per heavy atom. The molecule has 0 aliphatic carbocycles. The van der Waals surface area contributed by atoms with Crippen LogP contribution in [0.3, 0.4) is 0 Å². The molecule has 0 aromatic carbocycles. The van der Waals surface area contributed by atoms with Crippen molar-refractivity contribution in [2.75, 3.05) is 33.2 Å². The molecule has 0 bridgehead atoms. The summed E-state index contributed by atoms with van der Waals surface area (Å²) >= 11 is 0. The van der Waals surface area contributed by atoms with Crippen LogP contribution in [0, 0.1) is 0 Å². The number of carbonyl (C=O) groups excluding carboxylic acids is 2. The number of nitrogens with one attached hydrogen (secondary N) is 1. The first-order valence-electron chi connectivity index (χ1n) is 5.78. The summed E-state index contributed by atoms with van der Waals surface area (Å²) in [6, 6.07) is -0.149. The molecule has 16 heavy (non-hydrogen) atoms. The number of nitrogens with zero attached hydrogens (tertiary/aromatic N) is 2. The molecule has 0 saturated carbocycles. The van der Waals surface area contributed by atoms with Crippen LogP contribution in [0.5, 0.6) is 0 Å². The van der Waals surface area contributed by atoms with Crippen LogP contribution in [0.2, 0.25) is 0 Å². The third kappa shape index (κ3) is 3.20. The third-order valence-electron chi connectivity index (χ3n) is 3.06. The molecule has 1 heterocycles. The minimum atomic E-state index is -0.149. The predicted octanol–water partition coefficient (Wildman–Crippen LogP) is -0.325. The van der Waals surface area contributed by atoms with Gasteiger partial charge < -0.3 is 15.1 Å². The highest BCUT2D eigenvalue weighted by Crippen LogP contribution is 2.05. The predicted molar refractivity (Wildman–Crippen MR) is 62.0 cm³/mol. The fourth-order valence-electron chi connectivity index (χ4n) is 1.85. The highest BCUT2D eigenvalue weighted by molar-refractivity contribution is 5.81. The van der Waals surface area contributed by atoms with E-state index < -0.39 is 0 Å². The zero-order valence-corrected chi connectivity index (χ0v) is 10.3. The molecule has 1 atom stereocenters. The van der Waals surface area contributed by atoms with E-state index in [1.165, 1.54) is 0 Å². The van der Waals surface area contributed by atoms with E-state index in [9.17, 15) is 9.59 Å². The first kappa shape index (κ1) is 13.0. The Morgan fingerprint density at radius 3 is 2.25 bits per heavy atom. The lowest BCUT2D eigenvalue weighted by molar-refractivity contribution is -0.133. The standard InChI is InChI=1S/C11H21N3O2/c1-9(12-3)11(16)14-6-4-5-13(7-8-14)10(2)15/h9,12H,4-8H2,1-3H3. The van der Waals surface area contributed by atoms with Gasteiger partial charge in [0.1, 0.15) is 0 Å². The lowest BCUT2D eigenvalue weighted by Crippen LogP contribution is -2.45. The van der Waals surface area contributed by atoms with Gasteiger partial charge in [-0.05, 0) is 20.4 Å². The molecule has 1 rings (SSSR count). The summed E-state index contributed by atoms with van der Waals surface area (Å²) in [5, 5.41) is 2.94. The molecule has 1 fully saturated rings. The molecule has 0 aromatic heterocycles. The normalized spacial score (nSPS) is 19.2. The minimum absolute atomic E-state index is 0.0935. The molecule has 0 radical (unpaired) electrons. The zero-order valence-electron chi connectivity index (χ0n) is 10.3. The van der Waals surface area contributed by atoms with Gasteiger partial charge in [0, 0.05) is 33.1 Å². The Hall–Kier alpha value is -1.10. The van der Waals surface area contributed by atoms with Crippen molar-refractivity contribution in [3.63, 3.8) is 0 Å². The third-order valence-corrected chi connectivity index (χ3v) is 3.06. The topological polar surface area (TPSA) is 52.7 Å². The van der Waals surface area contributed by atoms with Crippen molar-refractivity contribution in [1.82, 2.24) is 15.1 Å². The van der Waals surface area contributed by atoms with Crippen molar-refractivity contribution in [1.29, 1.82) is 0 Å². The summed E-state index contributed by atoms with van der Waals surface area (Å²) in [6.45, 7) is 6.23. The van der Waals surface area contributed by atoms with Gasteiger partial charge in [-0.1, -0.05) is 0 Å². The first-order chi connectivity index (χ1) is 7.56. The van der Waals surface area contributed by atoms with E-state index in [0.717, 1.165) is 19.5 Å². The Bertz CT molecular complexity index is 268. The van der Waals surface area contributed by atoms with E-state index in [4.69, 9.17) is 0 Å². The van der Waals surface area contributed by atoms with Crippen LogP contribution >= 0.6 is 0 Å². The van der Waals surface area contributed by atoms with Gasteiger partial charge in [-0.3, -0.25) is 9.59 Å². The SMILES string of the molecule is CNC(C)C(=O)N1CCCN(C(C)=O)CC1. The van der Waals surface area contributed by atoms with Gasteiger partial charge >= 0.3 is 0 Å². The van der Waals surface area contributed by atoms with Crippen LogP contribution in [0.25, 0.3) is 0 Å². The van der Waals surface area contributed by atoms with E-state index in [2.05, 4.69) is 5.32 Å². The van der Waals surface area contributed by atoms with Crippen molar-refractivity contribution < 1.29 is 9.59 Å². The smallest absolute Gasteiger partial charge is 0.239 e. The Labute approximate surface area is 96.8 Å². The van der Waals surface area contributed by atoms with E-state index in [1.807, 2.05) is 11.8 Å². The van der Waals surface area contributed by atoms with Crippen molar-refractivity contribution in [3.05, 3.63) is 0 Å². The second-order valence-electron chi connectivity index (χ2n) is 4.20. The van der Waals surface area contributed by atoms with Crippen molar-refractivity contribution in [2.24, 2.45) is 0 Å². The monoisotopic (exact) mass is 227 g/mol. The summed E-state index contributed by atoms with van der Waals surface area (Å²) in [5.41, 5.74) is 0. The molecule has 1 N–H and O–H groups in total. The molecule has 1 aliphatic rings. The second-order valence-corrected chi connectivity index (χ2v) is 4.20. The summed E-state index contributed by atoms with van der Waals surface area (Å²) in [5.74, 6) is 0.212. The van der Waals surface area contributed by atoms with Crippen LogP contribution in [-0.2, 0) is 9.59 Å². The largest absolute Gasteiger partial charge is 0.341 e. The van der Waals surface area contributed by atoms with Gasteiger partial charge in [0.25, 0.3) is 0 Å². The molecule has 5 nitrogen and oxygen atoms in total. The van der Waals surface area contributed by atoms with Gasteiger partial charge in [0.2, 0.25) is 11.8 Å². The minimum Gasteiger partial charge on any atom is -0.341 e. The maximum absolute atomic E-state index is 11.9. The number of amides is 2. The quantitative estimate of drug-likeness (QED) is 0.703. The molecule has 5 heteroatoms. The molecule has 1 aliphatic heterocycles. The lowest BCUT2D eigenvalue weighted by Gasteiger charge is -2.24. The van der Waals surface area contributed by atoms with Crippen molar-refractivity contribution >= 4 is 11.8 Å². The van der Waals surface area contributed by atoms with Crippen LogP contribution < -0.4 is 5.32 Å². The van der Waals surface area contributed by atoms with E-state index in [-0.39, 0.29) is 17.9 Å². The average molecular weight is 227 g/mol. The molecule has 1 saturated heterocycles. The van der Waals surface area contributed by atoms with Gasteiger partial charge in [0.05, 0.1) is 6.04 Å². The number of rotatable bonds is 2. The maximum atomic E-state index is 11.9. The number of hydrogen-bond acceptors (Lipinski definition) is 3. The maximum Gasteiger partial charge on any atom is 0.239 e. The number of carbonyl (C=O) groups is 2. The molecule has 92 valence electrons. The molecule has 1 unspecified atom stereocenters. The average Bonchev–Trinajstić information content (AvgIpc) is 2.52. The van der Waals surface area contributed by atoms with Gasteiger partial charge in [-0.15, -0.1) is 0 Å². The highest BCUT2D eigenvalue weighted by atomic mass is 16.2. The van der Waals surface area contributed by atoms with Crippen LogP contribution in [-0.4, -0.2) is 60.9 Å². The van der Waals surface area contributed by atoms with Crippen molar-refractivity contribution in [2.45, 2.75) is 26.3 Å². The van der Waals surface area contributed by atoms with E-state index >= 15 is 0 Å². The Balaban J connectivity index is 2.53. The summed E-state index contributed by atoms with van der Waals surface area (Å²) < 4.78 is 0. The van der Waals surface area contributed by atoms with Gasteiger partial charge in [0.15, 0.2) is 0 Å². The first-order valence-corrected chi connectivity index (χ1v) is 5.78. The summed E-state index contributed by atoms with van der Waals surface area (Å²) in [7, 11) is 1.78. The second kappa shape index (κ2) is 5.84. The van der Waals surface area contributed by atoms with Crippen LogP contribution in [0.1, 0.15) is 20.3 Å². The molecular weight excluding hydrogens is 206 g/mol. The Morgan fingerprint density at radius 2 is 1.69 bits per heavy atom. The fourth-order valence-corrected chi connectivity index (χ4v) is 1.85. The molecule has 2 amide bonds. The van der Waals surface area contributed by atoms with Gasteiger partial charge in [-0.25, -0.2) is 0 Å².